The lowest BCUT2D eigenvalue weighted by molar-refractivity contribution is 0.601. The van der Waals surface area contributed by atoms with E-state index in [0.717, 1.165) is 5.56 Å². The molecule has 0 aliphatic rings. The van der Waals surface area contributed by atoms with Crippen molar-refractivity contribution in [3.63, 3.8) is 0 Å². The molecule has 2 N–H and O–H groups in total. The number of sulfonamides is 1. The first-order valence-electron chi connectivity index (χ1n) is 7.43. The molecule has 128 valence electrons. The van der Waals surface area contributed by atoms with Crippen LogP contribution in [0.15, 0.2) is 71.6 Å². The highest BCUT2D eigenvalue weighted by atomic mass is 35.5. The molecule has 0 saturated heterocycles. The van der Waals surface area contributed by atoms with E-state index in [2.05, 4.69) is 20.2 Å². The fraction of sp³-hybridized carbons (Fsp3) is 0.0588. The number of rotatable bonds is 6. The molecule has 0 radical (unpaired) electrons. The molecule has 0 spiro atoms. The number of halogens is 1. The summed E-state index contributed by atoms with van der Waals surface area (Å²) in [6.45, 7) is 0.603. The van der Waals surface area contributed by atoms with Crippen LogP contribution in [0.2, 0.25) is 5.02 Å². The SMILES string of the molecule is O=S(=O)(Nc1ccc(NCc2ccccc2)nn1)c1ccc(Cl)cc1. The van der Waals surface area contributed by atoms with Crippen LogP contribution in [0.25, 0.3) is 0 Å². The van der Waals surface area contributed by atoms with Gasteiger partial charge in [0.25, 0.3) is 10.0 Å². The van der Waals surface area contributed by atoms with Crippen molar-refractivity contribution in [2.75, 3.05) is 10.0 Å². The number of aromatic nitrogens is 2. The summed E-state index contributed by atoms with van der Waals surface area (Å²) in [6, 6.07) is 18.9. The normalized spacial score (nSPS) is 11.1. The average Bonchev–Trinajstić information content (AvgIpc) is 2.62. The zero-order valence-corrected chi connectivity index (χ0v) is 14.6. The van der Waals surface area contributed by atoms with Gasteiger partial charge in [-0.3, -0.25) is 4.72 Å². The van der Waals surface area contributed by atoms with E-state index in [4.69, 9.17) is 11.6 Å². The highest BCUT2D eigenvalue weighted by Gasteiger charge is 2.14. The molecule has 25 heavy (non-hydrogen) atoms. The standard InChI is InChI=1S/C17H15ClN4O2S/c18-14-6-8-15(9-7-14)25(23,24)22-17-11-10-16(20-21-17)19-12-13-4-2-1-3-5-13/h1-11H,12H2,(H,19,20)(H,21,22). The summed E-state index contributed by atoms with van der Waals surface area (Å²) in [7, 11) is -3.73. The zero-order valence-electron chi connectivity index (χ0n) is 13.1. The van der Waals surface area contributed by atoms with Crippen LogP contribution >= 0.6 is 11.6 Å². The van der Waals surface area contributed by atoms with Gasteiger partial charge in [-0.05, 0) is 42.0 Å². The van der Waals surface area contributed by atoms with Gasteiger partial charge in [0, 0.05) is 11.6 Å². The Morgan fingerprint density at radius 3 is 2.12 bits per heavy atom. The van der Waals surface area contributed by atoms with Crippen LogP contribution in [-0.2, 0) is 16.6 Å². The molecular weight excluding hydrogens is 360 g/mol. The van der Waals surface area contributed by atoms with Crippen molar-refractivity contribution < 1.29 is 8.42 Å². The van der Waals surface area contributed by atoms with Gasteiger partial charge in [0.05, 0.1) is 4.90 Å². The number of anilines is 2. The van der Waals surface area contributed by atoms with Crippen molar-refractivity contribution in [3.05, 3.63) is 77.3 Å². The summed E-state index contributed by atoms with van der Waals surface area (Å²) in [4.78, 5) is 0.102. The fourth-order valence-electron chi connectivity index (χ4n) is 2.08. The maximum atomic E-state index is 12.3. The highest BCUT2D eigenvalue weighted by molar-refractivity contribution is 7.92. The van der Waals surface area contributed by atoms with E-state index < -0.39 is 10.0 Å². The topological polar surface area (TPSA) is 84.0 Å². The zero-order chi connectivity index (χ0) is 17.7. The van der Waals surface area contributed by atoms with Gasteiger partial charge < -0.3 is 5.32 Å². The molecule has 0 aliphatic heterocycles. The number of hydrogen-bond donors (Lipinski definition) is 2. The third-order valence-electron chi connectivity index (χ3n) is 3.34. The Balaban J connectivity index is 1.65. The van der Waals surface area contributed by atoms with Gasteiger partial charge in [-0.15, -0.1) is 10.2 Å². The Bertz CT molecular complexity index is 931. The van der Waals surface area contributed by atoms with Crippen LogP contribution in [0.5, 0.6) is 0 Å². The minimum absolute atomic E-state index is 0.102. The van der Waals surface area contributed by atoms with E-state index in [1.54, 1.807) is 12.1 Å². The van der Waals surface area contributed by atoms with Crippen molar-refractivity contribution in [2.24, 2.45) is 0 Å². The smallest absolute Gasteiger partial charge is 0.263 e. The van der Waals surface area contributed by atoms with Crippen LogP contribution < -0.4 is 10.0 Å². The second kappa shape index (κ2) is 7.50. The molecule has 6 nitrogen and oxygen atoms in total. The summed E-state index contributed by atoms with van der Waals surface area (Å²) in [5.74, 6) is 0.693. The van der Waals surface area contributed by atoms with Crippen LogP contribution in [-0.4, -0.2) is 18.6 Å². The molecule has 0 aliphatic carbocycles. The second-order valence-corrected chi connectivity index (χ2v) is 7.32. The molecule has 8 heteroatoms. The van der Waals surface area contributed by atoms with Crippen molar-refractivity contribution in [3.8, 4) is 0 Å². The van der Waals surface area contributed by atoms with Crippen LogP contribution in [0.4, 0.5) is 11.6 Å². The molecule has 1 heterocycles. The third-order valence-corrected chi connectivity index (χ3v) is 4.97. The van der Waals surface area contributed by atoms with Crippen LogP contribution in [0, 0.1) is 0 Å². The molecule has 0 amide bonds. The van der Waals surface area contributed by atoms with Gasteiger partial charge in [0.15, 0.2) is 5.82 Å². The van der Waals surface area contributed by atoms with Crippen molar-refractivity contribution >= 4 is 33.3 Å². The van der Waals surface area contributed by atoms with E-state index in [-0.39, 0.29) is 10.7 Å². The minimum Gasteiger partial charge on any atom is -0.365 e. The molecule has 0 unspecified atom stereocenters. The highest BCUT2D eigenvalue weighted by Crippen LogP contribution is 2.17. The molecular formula is C17H15ClN4O2S. The largest absolute Gasteiger partial charge is 0.365 e. The Morgan fingerprint density at radius 2 is 1.48 bits per heavy atom. The molecule has 3 rings (SSSR count). The molecule has 0 saturated carbocycles. The molecule has 0 atom stereocenters. The Morgan fingerprint density at radius 1 is 0.840 bits per heavy atom. The van der Waals surface area contributed by atoms with Gasteiger partial charge in [-0.25, -0.2) is 8.42 Å². The predicted octanol–water partition coefficient (Wildman–Crippen LogP) is 3.54. The van der Waals surface area contributed by atoms with Gasteiger partial charge in [-0.1, -0.05) is 41.9 Å². The number of hydrogen-bond acceptors (Lipinski definition) is 5. The van der Waals surface area contributed by atoms with E-state index in [9.17, 15) is 8.42 Å². The van der Waals surface area contributed by atoms with Crippen LogP contribution in [0.1, 0.15) is 5.56 Å². The summed E-state index contributed by atoms with van der Waals surface area (Å²) >= 11 is 5.77. The molecule has 0 fully saturated rings. The van der Waals surface area contributed by atoms with Gasteiger partial charge in [0.2, 0.25) is 0 Å². The number of nitrogens with one attached hydrogen (secondary N) is 2. The summed E-state index contributed by atoms with van der Waals surface area (Å²) in [5.41, 5.74) is 1.11. The van der Waals surface area contributed by atoms with E-state index in [1.807, 2.05) is 30.3 Å². The Hall–Kier alpha value is -2.64. The minimum atomic E-state index is -3.73. The average molecular weight is 375 g/mol. The third kappa shape index (κ3) is 4.68. The molecule has 1 aromatic heterocycles. The Kier molecular flexibility index (Phi) is 5.16. The fourth-order valence-corrected chi connectivity index (χ4v) is 3.20. The van der Waals surface area contributed by atoms with Crippen molar-refractivity contribution in [1.29, 1.82) is 0 Å². The lowest BCUT2D eigenvalue weighted by Crippen LogP contribution is -2.14. The first-order chi connectivity index (χ1) is 12.0. The lowest BCUT2D eigenvalue weighted by Gasteiger charge is -2.08. The Labute approximate surface area is 150 Å². The number of nitrogens with zero attached hydrogens (tertiary/aromatic N) is 2. The maximum Gasteiger partial charge on any atom is 0.263 e. The lowest BCUT2D eigenvalue weighted by atomic mass is 10.2. The van der Waals surface area contributed by atoms with Crippen molar-refractivity contribution in [2.45, 2.75) is 11.4 Å². The molecule has 2 aromatic carbocycles. The predicted molar refractivity (Wildman–Crippen MR) is 98.1 cm³/mol. The van der Waals surface area contributed by atoms with Gasteiger partial charge in [-0.2, -0.15) is 0 Å². The van der Waals surface area contributed by atoms with Crippen molar-refractivity contribution in [1.82, 2.24) is 10.2 Å². The molecule has 0 bridgehead atoms. The summed E-state index contributed by atoms with van der Waals surface area (Å²) < 4.78 is 26.9. The monoisotopic (exact) mass is 374 g/mol. The first-order valence-corrected chi connectivity index (χ1v) is 9.29. The van der Waals surface area contributed by atoms with E-state index in [0.29, 0.717) is 17.4 Å². The quantitative estimate of drug-likeness (QED) is 0.689. The number of benzene rings is 2. The maximum absolute atomic E-state index is 12.3. The molecule has 3 aromatic rings. The summed E-state index contributed by atoms with van der Waals surface area (Å²) in [5, 5.41) is 11.5. The van der Waals surface area contributed by atoms with Gasteiger partial charge >= 0.3 is 0 Å². The summed E-state index contributed by atoms with van der Waals surface area (Å²) in [6.07, 6.45) is 0. The van der Waals surface area contributed by atoms with Gasteiger partial charge in [0.1, 0.15) is 5.82 Å². The van der Waals surface area contributed by atoms with Crippen LogP contribution in [0.3, 0.4) is 0 Å². The van der Waals surface area contributed by atoms with E-state index in [1.165, 1.54) is 24.3 Å². The second-order valence-electron chi connectivity index (χ2n) is 5.20. The first kappa shape index (κ1) is 17.2. The van der Waals surface area contributed by atoms with E-state index >= 15 is 0 Å².